The minimum atomic E-state index is -0.0471. The number of nitrogens with zero attached hydrogens (tertiary/aromatic N) is 1. The quantitative estimate of drug-likeness (QED) is 0.546. The van der Waals surface area contributed by atoms with E-state index in [1.54, 1.807) is 11.0 Å². The van der Waals surface area contributed by atoms with Gasteiger partial charge in [0.1, 0.15) is 0 Å². The first-order valence-electron chi connectivity index (χ1n) is 4.85. The molecule has 2 rings (SSSR count). The van der Waals surface area contributed by atoms with Gasteiger partial charge < -0.3 is 10.6 Å². The van der Waals surface area contributed by atoms with Crippen molar-refractivity contribution in [2.24, 2.45) is 0 Å². The molecular formula is C12H12N2O. The zero-order chi connectivity index (χ0) is 10.8. The number of hydrogen-bond acceptors (Lipinski definition) is 2. The van der Waals surface area contributed by atoms with Gasteiger partial charge in [-0.2, -0.15) is 0 Å². The largest absolute Gasteiger partial charge is 0.397 e. The molecule has 76 valence electrons. The number of fused-ring (bicyclic) bond motifs is 1. The van der Waals surface area contributed by atoms with Gasteiger partial charge in [-0.3, -0.25) is 4.79 Å². The lowest BCUT2D eigenvalue weighted by Crippen LogP contribution is -2.28. The first-order valence-corrected chi connectivity index (χ1v) is 4.85. The van der Waals surface area contributed by atoms with Crippen LogP contribution in [0, 0.1) is 12.3 Å². The average molecular weight is 200 g/mol. The topological polar surface area (TPSA) is 46.3 Å². The minimum absolute atomic E-state index is 0.0471. The van der Waals surface area contributed by atoms with E-state index >= 15 is 0 Å². The molecule has 0 atom stereocenters. The lowest BCUT2D eigenvalue weighted by molar-refractivity contribution is -0.117. The van der Waals surface area contributed by atoms with Gasteiger partial charge in [-0.05, 0) is 18.1 Å². The van der Waals surface area contributed by atoms with Crippen molar-refractivity contribution < 1.29 is 4.79 Å². The normalized spacial score (nSPS) is 13.4. The fourth-order valence-electron chi connectivity index (χ4n) is 1.92. The number of para-hydroxylation sites is 1. The Morgan fingerprint density at radius 3 is 3.13 bits per heavy atom. The Morgan fingerprint density at radius 2 is 2.40 bits per heavy atom. The van der Waals surface area contributed by atoms with Crippen LogP contribution in [0.5, 0.6) is 0 Å². The van der Waals surface area contributed by atoms with Crippen LogP contribution in [0.2, 0.25) is 0 Å². The van der Waals surface area contributed by atoms with Crippen molar-refractivity contribution in [3.8, 4) is 12.3 Å². The van der Waals surface area contributed by atoms with E-state index in [9.17, 15) is 4.79 Å². The molecule has 0 radical (unpaired) electrons. The summed E-state index contributed by atoms with van der Waals surface area (Å²) in [4.78, 5) is 13.4. The average Bonchev–Trinajstić information content (AvgIpc) is 2.63. The Hall–Kier alpha value is -1.95. The molecule has 0 fully saturated rings. The Balaban J connectivity index is 2.36. The van der Waals surface area contributed by atoms with Crippen molar-refractivity contribution in [1.29, 1.82) is 0 Å². The molecule has 1 aromatic rings. The van der Waals surface area contributed by atoms with Crippen molar-refractivity contribution in [1.82, 2.24) is 0 Å². The second kappa shape index (κ2) is 3.66. The van der Waals surface area contributed by atoms with Crippen LogP contribution in [0.4, 0.5) is 11.4 Å². The van der Waals surface area contributed by atoms with Gasteiger partial charge in [0.2, 0.25) is 5.91 Å². The highest BCUT2D eigenvalue weighted by Crippen LogP contribution is 2.33. The maximum Gasteiger partial charge on any atom is 0.239 e. The second-order valence-corrected chi connectivity index (χ2v) is 3.53. The molecular weight excluding hydrogens is 188 g/mol. The van der Waals surface area contributed by atoms with Crippen LogP contribution in [0.15, 0.2) is 18.2 Å². The highest BCUT2D eigenvalue weighted by Gasteiger charge is 2.25. The molecule has 15 heavy (non-hydrogen) atoms. The van der Waals surface area contributed by atoms with E-state index in [-0.39, 0.29) is 12.3 Å². The Morgan fingerprint density at radius 1 is 1.60 bits per heavy atom. The molecule has 1 aromatic carbocycles. The smallest absolute Gasteiger partial charge is 0.239 e. The van der Waals surface area contributed by atoms with Crippen molar-refractivity contribution in [3.05, 3.63) is 23.8 Å². The standard InChI is InChI=1S/C12H12N2O/c1-2-4-11(15)14-8-7-9-5-3-6-10(13)12(9)14/h1,3,5-6H,4,7-8,13H2. The number of amides is 1. The number of nitrogens with two attached hydrogens (primary N) is 1. The lowest BCUT2D eigenvalue weighted by atomic mass is 10.1. The van der Waals surface area contributed by atoms with Crippen LogP contribution in [0.1, 0.15) is 12.0 Å². The molecule has 1 heterocycles. The lowest BCUT2D eigenvalue weighted by Gasteiger charge is -2.17. The maximum atomic E-state index is 11.7. The van der Waals surface area contributed by atoms with Gasteiger partial charge in [-0.25, -0.2) is 0 Å². The molecule has 1 aliphatic rings. The number of hydrogen-bond donors (Lipinski definition) is 1. The summed E-state index contributed by atoms with van der Waals surface area (Å²) in [5, 5.41) is 0. The Kier molecular flexibility index (Phi) is 2.34. The molecule has 3 heteroatoms. The summed E-state index contributed by atoms with van der Waals surface area (Å²) in [6.45, 7) is 0.685. The molecule has 0 spiro atoms. The third kappa shape index (κ3) is 1.55. The third-order valence-corrected chi connectivity index (χ3v) is 2.58. The summed E-state index contributed by atoms with van der Waals surface area (Å²) >= 11 is 0. The fourth-order valence-corrected chi connectivity index (χ4v) is 1.92. The first-order chi connectivity index (χ1) is 7.24. The highest BCUT2D eigenvalue weighted by atomic mass is 16.2. The van der Waals surface area contributed by atoms with Crippen LogP contribution in [0.25, 0.3) is 0 Å². The molecule has 0 aromatic heterocycles. The Labute approximate surface area is 88.9 Å². The van der Waals surface area contributed by atoms with Crippen LogP contribution in [-0.2, 0) is 11.2 Å². The van der Waals surface area contributed by atoms with Gasteiger partial charge >= 0.3 is 0 Å². The number of anilines is 2. The van der Waals surface area contributed by atoms with Crippen molar-refractivity contribution in [2.45, 2.75) is 12.8 Å². The van der Waals surface area contributed by atoms with E-state index in [2.05, 4.69) is 5.92 Å². The molecule has 0 saturated heterocycles. The number of carbonyl (C=O) groups excluding carboxylic acids is 1. The summed E-state index contributed by atoms with van der Waals surface area (Å²) < 4.78 is 0. The zero-order valence-corrected chi connectivity index (χ0v) is 8.36. The zero-order valence-electron chi connectivity index (χ0n) is 8.36. The monoisotopic (exact) mass is 200 g/mol. The number of nitrogen functional groups attached to an aromatic ring is 1. The highest BCUT2D eigenvalue weighted by molar-refractivity contribution is 5.99. The third-order valence-electron chi connectivity index (χ3n) is 2.58. The Bertz CT molecular complexity index is 445. The molecule has 0 aliphatic carbocycles. The molecule has 0 bridgehead atoms. The van der Waals surface area contributed by atoms with Crippen LogP contribution in [-0.4, -0.2) is 12.5 Å². The number of carbonyl (C=O) groups is 1. The van der Waals surface area contributed by atoms with Crippen molar-refractivity contribution >= 4 is 17.3 Å². The van der Waals surface area contributed by atoms with Gasteiger partial charge in [0.25, 0.3) is 0 Å². The van der Waals surface area contributed by atoms with Crippen LogP contribution >= 0.6 is 0 Å². The van der Waals surface area contributed by atoms with Crippen LogP contribution in [0.3, 0.4) is 0 Å². The van der Waals surface area contributed by atoms with Crippen LogP contribution < -0.4 is 10.6 Å². The van der Waals surface area contributed by atoms with E-state index in [0.717, 1.165) is 17.7 Å². The first kappa shape index (κ1) is 9.60. The van der Waals surface area contributed by atoms with E-state index in [1.807, 2.05) is 12.1 Å². The maximum absolute atomic E-state index is 11.7. The molecule has 0 saturated carbocycles. The molecule has 0 unspecified atom stereocenters. The summed E-state index contributed by atoms with van der Waals surface area (Å²) in [6.07, 6.45) is 6.12. The van der Waals surface area contributed by atoms with E-state index in [4.69, 9.17) is 12.2 Å². The summed E-state index contributed by atoms with van der Waals surface area (Å²) in [7, 11) is 0. The van der Waals surface area contributed by atoms with Gasteiger partial charge in [0.05, 0.1) is 17.8 Å². The molecule has 1 aliphatic heterocycles. The SMILES string of the molecule is C#CCC(=O)N1CCc2cccc(N)c21. The fraction of sp³-hybridized carbons (Fsp3) is 0.250. The van der Waals surface area contributed by atoms with Gasteiger partial charge in [-0.15, -0.1) is 6.42 Å². The predicted octanol–water partition coefficient (Wildman–Crippen LogP) is 1.18. The number of terminal acetylenes is 1. The predicted molar refractivity (Wildman–Crippen MR) is 60.4 cm³/mol. The number of rotatable bonds is 1. The van der Waals surface area contributed by atoms with Crippen molar-refractivity contribution in [2.75, 3.05) is 17.2 Å². The van der Waals surface area contributed by atoms with E-state index in [1.165, 1.54) is 0 Å². The van der Waals surface area contributed by atoms with E-state index < -0.39 is 0 Å². The number of benzene rings is 1. The molecule has 3 nitrogen and oxygen atoms in total. The summed E-state index contributed by atoms with van der Waals surface area (Å²) in [5.74, 6) is 2.32. The van der Waals surface area contributed by atoms with Gasteiger partial charge in [0, 0.05) is 6.54 Å². The summed E-state index contributed by atoms with van der Waals surface area (Å²) in [5.41, 5.74) is 8.47. The molecule has 1 amide bonds. The summed E-state index contributed by atoms with van der Waals surface area (Å²) in [6, 6.07) is 5.71. The van der Waals surface area contributed by atoms with Gasteiger partial charge in [-0.1, -0.05) is 18.1 Å². The second-order valence-electron chi connectivity index (χ2n) is 3.53. The van der Waals surface area contributed by atoms with Crippen molar-refractivity contribution in [3.63, 3.8) is 0 Å². The molecule has 2 N–H and O–H groups in total. The minimum Gasteiger partial charge on any atom is -0.397 e. The van der Waals surface area contributed by atoms with Gasteiger partial charge in [0.15, 0.2) is 0 Å². The van der Waals surface area contributed by atoms with E-state index in [0.29, 0.717) is 12.2 Å².